The molecule has 0 aromatic heterocycles. The molecule has 0 fully saturated rings. The Hall–Kier alpha value is -4.57. The lowest BCUT2D eigenvalue weighted by Crippen LogP contribution is -2.29. The number of esters is 1. The molecule has 0 saturated carbocycles. The number of anilines is 2. The quantitative estimate of drug-likeness (QED) is 0.236. The van der Waals surface area contributed by atoms with Crippen LogP contribution in [-0.2, 0) is 9.53 Å². The molecule has 11 heteroatoms. The fourth-order valence-corrected chi connectivity index (χ4v) is 3.73. The first-order valence-corrected chi connectivity index (χ1v) is 10.5. The molecule has 3 aromatic rings. The van der Waals surface area contributed by atoms with Gasteiger partial charge in [0.05, 0.1) is 27.3 Å². The van der Waals surface area contributed by atoms with Crippen LogP contribution in [0.2, 0.25) is 5.02 Å². The van der Waals surface area contributed by atoms with E-state index in [2.05, 4.69) is 5.32 Å². The molecule has 0 aliphatic carbocycles. The highest BCUT2D eigenvalue weighted by Crippen LogP contribution is 2.31. The number of hydrogen-bond acceptors (Lipinski definition) is 7. The second-order valence-electron chi connectivity index (χ2n) is 7.54. The molecule has 0 saturated heterocycles. The predicted molar refractivity (Wildman–Crippen MR) is 126 cm³/mol. The monoisotopic (exact) mass is 493 g/mol. The lowest BCUT2D eigenvalue weighted by molar-refractivity contribution is -0.383. The zero-order valence-corrected chi connectivity index (χ0v) is 18.9. The second-order valence-corrected chi connectivity index (χ2v) is 7.97. The van der Waals surface area contributed by atoms with Crippen LogP contribution in [0.5, 0.6) is 0 Å². The Balaban J connectivity index is 1.46. The van der Waals surface area contributed by atoms with Crippen LogP contribution in [0.25, 0.3) is 0 Å². The van der Waals surface area contributed by atoms with Gasteiger partial charge in [0.25, 0.3) is 23.4 Å². The average molecular weight is 494 g/mol. The van der Waals surface area contributed by atoms with Gasteiger partial charge < -0.3 is 10.1 Å². The molecule has 4 rings (SSSR count). The first-order valence-electron chi connectivity index (χ1n) is 10.2. The Morgan fingerprint density at radius 1 is 1.03 bits per heavy atom. The number of hydrogen-bond donors (Lipinski definition) is 1. The van der Waals surface area contributed by atoms with Gasteiger partial charge in [-0.2, -0.15) is 0 Å². The molecule has 1 aliphatic rings. The van der Waals surface area contributed by atoms with Crippen molar-refractivity contribution in [3.05, 3.63) is 98.1 Å². The van der Waals surface area contributed by atoms with Gasteiger partial charge in [-0.25, -0.2) is 9.69 Å². The normalized spacial score (nSPS) is 12.3. The van der Waals surface area contributed by atoms with Crippen LogP contribution in [0.15, 0.2) is 60.7 Å². The number of ether oxygens (including phenoxy) is 1. The van der Waals surface area contributed by atoms with E-state index in [1.54, 1.807) is 31.2 Å². The third-order valence-electron chi connectivity index (χ3n) is 5.24. The number of carbonyl (C=O) groups is 4. The van der Waals surface area contributed by atoms with E-state index in [1.165, 1.54) is 30.3 Å². The molecular weight excluding hydrogens is 478 g/mol. The summed E-state index contributed by atoms with van der Waals surface area (Å²) in [5, 5.41) is 13.5. The lowest BCUT2D eigenvalue weighted by atomic mass is 10.1. The Morgan fingerprint density at radius 3 is 2.46 bits per heavy atom. The molecule has 0 bridgehead atoms. The van der Waals surface area contributed by atoms with Gasteiger partial charge in [0.2, 0.25) is 0 Å². The van der Waals surface area contributed by atoms with Crippen molar-refractivity contribution in [3.8, 4) is 0 Å². The zero-order valence-electron chi connectivity index (χ0n) is 18.1. The van der Waals surface area contributed by atoms with Crippen LogP contribution >= 0.6 is 11.6 Å². The van der Waals surface area contributed by atoms with Crippen LogP contribution < -0.4 is 10.2 Å². The molecular formula is C24H16ClN3O7. The number of nitro benzene ring substituents is 1. The Labute approximate surface area is 203 Å². The molecule has 0 spiro atoms. The number of amides is 3. The Kier molecular flexibility index (Phi) is 6.30. The molecule has 1 aliphatic heterocycles. The van der Waals surface area contributed by atoms with Crippen molar-refractivity contribution in [2.45, 2.75) is 6.92 Å². The number of aryl methyl sites for hydroxylation is 1. The highest BCUT2D eigenvalue weighted by molar-refractivity contribution is 6.35. The minimum absolute atomic E-state index is 0.0361. The number of para-hydroxylation sites is 1. The van der Waals surface area contributed by atoms with Crippen LogP contribution in [0.3, 0.4) is 0 Å². The van der Waals surface area contributed by atoms with E-state index in [1.807, 2.05) is 0 Å². The summed E-state index contributed by atoms with van der Waals surface area (Å²) in [6.07, 6.45) is 0. The van der Waals surface area contributed by atoms with Crippen LogP contribution in [0.4, 0.5) is 17.1 Å². The van der Waals surface area contributed by atoms with Crippen molar-refractivity contribution in [2.75, 3.05) is 16.8 Å². The number of nitrogens with zero attached hydrogens (tertiary/aromatic N) is 2. The van der Waals surface area contributed by atoms with E-state index < -0.39 is 40.9 Å². The number of imide groups is 1. The smallest absolute Gasteiger partial charge is 0.338 e. The third-order valence-corrected chi connectivity index (χ3v) is 5.48. The first kappa shape index (κ1) is 23.6. The summed E-state index contributed by atoms with van der Waals surface area (Å²) in [6.45, 7) is 1.03. The van der Waals surface area contributed by atoms with Gasteiger partial charge in [-0.05, 0) is 48.9 Å². The number of halogens is 1. The molecule has 176 valence electrons. The van der Waals surface area contributed by atoms with Crippen molar-refractivity contribution >= 4 is 52.4 Å². The van der Waals surface area contributed by atoms with Crippen molar-refractivity contribution in [1.29, 1.82) is 0 Å². The highest BCUT2D eigenvalue weighted by Gasteiger charge is 2.37. The van der Waals surface area contributed by atoms with E-state index in [0.717, 1.165) is 16.5 Å². The summed E-state index contributed by atoms with van der Waals surface area (Å²) < 4.78 is 4.98. The van der Waals surface area contributed by atoms with Gasteiger partial charge in [-0.15, -0.1) is 0 Å². The fraction of sp³-hybridized carbons (Fsp3) is 0.0833. The van der Waals surface area contributed by atoms with Gasteiger partial charge in [0, 0.05) is 11.1 Å². The van der Waals surface area contributed by atoms with E-state index in [9.17, 15) is 29.3 Å². The summed E-state index contributed by atoms with van der Waals surface area (Å²) in [5.41, 5.74) is 0.776. The fourth-order valence-electron chi connectivity index (χ4n) is 3.56. The summed E-state index contributed by atoms with van der Waals surface area (Å²) in [7, 11) is 0. The Morgan fingerprint density at radius 2 is 1.74 bits per heavy atom. The van der Waals surface area contributed by atoms with Crippen LogP contribution in [-0.4, -0.2) is 35.2 Å². The zero-order chi connectivity index (χ0) is 25.3. The van der Waals surface area contributed by atoms with Crippen molar-refractivity contribution in [2.24, 2.45) is 0 Å². The minimum atomic E-state index is -0.914. The van der Waals surface area contributed by atoms with E-state index in [4.69, 9.17) is 16.3 Å². The molecule has 10 nitrogen and oxygen atoms in total. The lowest BCUT2D eigenvalue weighted by Gasteiger charge is -2.16. The number of nitrogens with one attached hydrogen (secondary N) is 1. The minimum Gasteiger partial charge on any atom is -0.452 e. The van der Waals surface area contributed by atoms with Gasteiger partial charge in [0.15, 0.2) is 6.61 Å². The van der Waals surface area contributed by atoms with Gasteiger partial charge in [-0.1, -0.05) is 29.8 Å². The SMILES string of the molecule is Cc1ccccc1N1C(=O)c2ccc(C(=O)OCC(=O)Nc3ccc(Cl)cc3[N+](=O)[O-])cc2C1=O. The van der Waals surface area contributed by atoms with E-state index in [-0.39, 0.29) is 27.4 Å². The summed E-state index contributed by atoms with van der Waals surface area (Å²) in [6, 6.07) is 14.5. The third kappa shape index (κ3) is 4.59. The summed E-state index contributed by atoms with van der Waals surface area (Å²) in [5.74, 6) is -2.82. The van der Waals surface area contributed by atoms with Gasteiger partial charge in [0.1, 0.15) is 5.69 Å². The number of fused-ring (bicyclic) bond motifs is 1. The van der Waals surface area contributed by atoms with Crippen LogP contribution in [0.1, 0.15) is 36.6 Å². The predicted octanol–water partition coefficient (Wildman–Crippen LogP) is 4.15. The molecule has 0 unspecified atom stereocenters. The average Bonchev–Trinajstić information content (AvgIpc) is 3.08. The number of carbonyl (C=O) groups excluding carboxylic acids is 4. The van der Waals surface area contributed by atoms with Crippen molar-refractivity contribution < 1.29 is 28.8 Å². The molecule has 1 heterocycles. The van der Waals surface area contributed by atoms with E-state index >= 15 is 0 Å². The largest absolute Gasteiger partial charge is 0.452 e. The molecule has 3 aromatic carbocycles. The van der Waals surface area contributed by atoms with E-state index in [0.29, 0.717) is 5.69 Å². The standard InChI is InChI=1S/C24H16ClN3O7/c1-13-4-2-3-5-19(13)27-22(30)16-8-6-14(10-17(16)23(27)31)24(32)35-12-21(29)26-18-9-7-15(25)11-20(18)28(33)34/h2-11H,12H2,1H3,(H,26,29). The molecule has 1 N–H and O–H groups in total. The summed E-state index contributed by atoms with van der Waals surface area (Å²) >= 11 is 5.74. The highest BCUT2D eigenvalue weighted by atomic mass is 35.5. The number of rotatable bonds is 6. The van der Waals surface area contributed by atoms with Crippen molar-refractivity contribution in [1.82, 2.24) is 0 Å². The number of benzene rings is 3. The molecule has 0 radical (unpaired) electrons. The number of nitro groups is 1. The Bertz CT molecular complexity index is 1420. The maximum atomic E-state index is 12.9. The second kappa shape index (κ2) is 9.35. The van der Waals surface area contributed by atoms with Crippen LogP contribution in [0, 0.1) is 17.0 Å². The van der Waals surface area contributed by atoms with Gasteiger partial charge in [-0.3, -0.25) is 24.5 Å². The molecule has 3 amide bonds. The topological polar surface area (TPSA) is 136 Å². The first-order chi connectivity index (χ1) is 16.7. The van der Waals surface area contributed by atoms with Crippen molar-refractivity contribution in [3.63, 3.8) is 0 Å². The molecule has 0 atom stereocenters. The summed E-state index contributed by atoms with van der Waals surface area (Å²) in [4.78, 5) is 61.9. The maximum Gasteiger partial charge on any atom is 0.338 e. The van der Waals surface area contributed by atoms with Gasteiger partial charge >= 0.3 is 5.97 Å². The maximum absolute atomic E-state index is 12.9. The molecule has 35 heavy (non-hydrogen) atoms.